The zero-order valence-electron chi connectivity index (χ0n) is 18.9. The van der Waals surface area contributed by atoms with Gasteiger partial charge in [-0.3, -0.25) is 24.2 Å². The first-order valence-corrected chi connectivity index (χ1v) is 10.5. The van der Waals surface area contributed by atoms with Crippen LogP contribution in [0.2, 0.25) is 0 Å². The molecule has 0 aromatic carbocycles. The number of carboxylic acids is 2. The van der Waals surface area contributed by atoms with Gasteiger partial charge in [0.1, 0.15) is 12.1 Å². The Morgan fingerprint density at radius 3 is 2.09 bits per heavy atom. The summed E-state index contributed by atoms with van der Waals surface area (Å²) in [7, 11) is 0. The van der Waals surface area contributed by atoms with E-state index < -0.39 is 60.8 Å². The van der Waals surface area contributed by atoms with Crippen LogP contribution in [-0.2, 0) is 24.0 Å². The number of guanidine groups is 1. The lowest BCUT2D eigenvalue weighted by Gasteiger charge is -2.21. The van der Waals surface area contributed by atoms with Crippen LogP contribution < -0.4 is 33.2 Å². The van der Waals surface area contributed by atoms with Crippen LogP contribution in [0.4, 0.5) is 0 Å². The summed E-state index contributed by atoms with van der Waals surface area (Å²) in [5.74, 6) is -4.69. The molecule has 0 aliphatic rings. The molecule has 0 aliphatic carbocycles. The van der Waals surface area contributed by atoms with Gasteiger partial charge in [-0.2, -0.15) is 0 Å². The molecular formula is C19H35N7O7. The predicted octanol–water partition coefficient (Wildman–Crippen LogP) is -2.55. The lowest BCUT2D eigenvalue weighted by atomic mass is 10.0. The third kappa shape index (κ3) is 14.3. The standard InChI is InChI=1S/C19H35N7O7/c1-10(2)8-13(18(32)33)25-14(27)9-24-17(31)12(5-6-15(28)29)26-16(30)11(20)4-3-7-23-19(21)22/h10-13H,3-9,20H2,1-2H3,(H,24,31)(H,25,27)(H,26,30)(H,28,29)(H,32,33)(H4,21,22,23). The molecule has 0 aromatic rings. The summed E-state index contributed by atoms with van der Waals surface area (Å²) in [6, 6.07) is -3.36. The highest BCUT2D eigenvalue weighted by atomic mass is 16.4. The Labute approximate surface area is 191 Å². The number of carbonyl (C=O) groups excluding carboxylic acids is 3. The molecule has 0 saturated heterocycles. The molecule has 3 atom stereocenters. The van der Waals surface area contributed by atoms with Gasteiger partial charge in [-0.15, -0.1) is 0 Å². The molecule has 0 aliphatic heterocycles. The molecule has 0 aromatic heterocycles. The van der Waals surface area contributed by atoms with Crippen molar-refractivity contribution in [2.45, 2.75) is 64.1 Å². The van der Waals surface area contributed by atoms with Crippen molar-refractivity contribution >= 4 is 35.6 Å². The highest BCUT2D eigenvalue weighted by Crippen LogP contribution is 2.05. The lowest BCUT2D eigenvalue weighted by molar-refractivity contribution is -0.142. The topological polar surface area (TPSA) is 252 Å². The second-order valence-electron chi connectivity index (χ2n) is 7.85. The Bertz CT molecular complexity index is 723. The Kier molecular flexibility index (Phi) is 13.8. The van der Waals surface area contributed by atoms with E-state index in [-0.39, 0.29) is 37.7 Å². The van der Waals surface area contributed by atoms with Crippen LogP contribution in [0.3, 0.4) is 0 Å². The molecule has 0 radical (unpaired) electrons. The van der Waals surface area contributed by atoms with Crippen LogP contribution in [-0.4, -0.2) is 77.0 Å². The van der Waals surface area contributed by atoms with E-state index in [1.165, 1.54) is 0 Å². The molecule has 188 valence electrons. The number of aliphatic carboxylic acids is 2. The molecule has 11 N–H and O–H groups in total. The van der Waals surface area contributed by atoms with Crippen LogP contribution >= 0.6 is 0 Å². The van der Waals surface area contributed by atoms with Crippen LogP contribution in [0, 0.1) is 5.92 Å². The summed E-state index contributed by atoms with van der Waals surface area (Å²) in [5.41, 5.74) is 16.2. The number of aliphatic imine (C=N–C) groups is 1. The Hall–Kier alpha value is -3.42. The van der Waals surface area contributed by atoms with Crippen molar-refractivity contribution < 1.29 is 34.2 Å². The van der Waals surface area contributed by atoms with Crippen molar-refractivity contribution in [2.75, 3.05) is 13.1 Å². The maximum Gasteiger partial charge on any atom is 0.326 e. The van der Waals surface area contributed by atoms with Gasteiger partial charge < -0.3 is 43.4 Å². The molecule has 0 heterocycles. The maximum absolute atomic E-state index is 12.4. The number of carbonyl (C=O) groups is 5. The normalized spacial score (nSPS) is 13.3. The molecule has 14 heteroatoms. The fraction of sp³-hybridized carbons (Fsp3) is 0.684. The second-order valence-corrected chi connectivity index (χ2v) is 7.85. The summed E-state index contributed by atoms with van der Waals surface area (Å²) in [5, 5.41) is 25.0. The van der Waals surface area contributed by atoms with Crippen LogP contribution in [0.25, 0.3) is 0 Å². The number of amides is 3. The molecule has 3 amide bonds. The van der Waals surface area contributed by atoms with E-state index in [1.807, 2.05) is 0 Å². The molecule has 0 bridgehead atoms. The lowest BCUT2D eigenvalue weighted by Crippen LogP contribution is -2.53. The van der Waals surface area contributed by atoms with E-state index in [9.17, 15) is 29.1 Å². The van der Waals surface area contributed by atoms with E-state index in [0.29, 0.717) is 6.42 Å². The van der Waals surface area contributed by atoms with Crippen LogP contribution in [0.5, 0.6) is 0 Å². The first-order chi connectivity index (χ1) is 15.3. The second kappa shape index (κ2) is 15.4. The smallest absolute Gasteiger partial charge is 0.326 e. The molecular weight excluding hydrogens is 438 g/mol. The van der Waals surface area contributed by atoms with E-state index in [0.717, 1.165) is 0 Å². The molecule has 0 rings (SSSR count). The van der Waals surface area contributed by atoms with Crippen molar-refractivity contribution in [3.05, 3.63) is 0 Å². The van der Waals surface area contributed by atoms with Crippen LogP contribution in [0.15, 0.2) is 4.99 Å². The zero-order chi connectivity index (χ0) is 25.6. The number of rotatable bonds is 16. The Morgan fingerprint density at radius 2 is 1.58 bits per heavy atom. The third-order valence-corrected chi connectivity index (χ3v) is 4.35. The molecule has 0 saturated carbocycles. The third-order valence-electron chi connectivity index (χ3n) is 4.35. The number of nitrogens with zero attached hydrogens (tertiary/aromatic N) is 1. The molecule has 0 spiro atoms. The van der Waals surface area contributed by atoms with E-state index in [1.54, 1.807) is 13.8 Å². The SMILES string of the molecule is CC(C)CC(NC(=O)CNC(=O)C(CCC(=O)O)NC(=O)C(N)CCCN=C(N)N)C(=O)O. The minimum Gasteiger partial charge on any atom is -0.481 e. The molecule has 14 nitrogen and oxygen atoms in total. The van der Waals surface area contributed by atoms with Gasteiger partial charge in [0.15, 0.2) is 5.96 Å². The van der Waals surface area contributed by atoms with Gasteiger partial charge in [-0.25, -0.2) is 4.79 Å². The van der Waals surface area contributed by atoms with Crippen molar-refractivity contribution in [1.29, 1.82) is 0 Å². The molecule has 0 fully saturated rings. The van der Waals surface area contributed by atoms with Gasteiger partial charge in [-0.1, -0.05) is 13.8 Å². The van der Waals surface area contributed by atoms with Gasteiger partial charge >= 0.3 is 11.9 Å². The van der Waals surface area contributed by atoms with Crippen LogP contribution in [0.1, 0.15) is 46.0 Å². The Balaban J connectivity index is 4.88. The first-order valence-electron chi connectivity index (χ1n) is 10.5. The van der Waals surface area contributed by atoms with E-state index >= 15 is 0 Å². The summed E-state index contributed by atoms with van der Waals surface area (Å²) >= 11 is 0. The number of hydrogen-bond acceptors (Lipinski definition) is 7. The van der Waals surface area contributed by atoms with E-state index in [4.69, 9.17) is 22.3 Å². The molecule has 33 heavy (non-hydrogen) atoms. The highest BCUT2D eigenvalue weighted by molar-refractivity contribution is 5.92. The summed E-state index contributed by atoms with van der Waals surface area (Å²) in [6.07, 6.45) is 0.165. The fourth-order valence-corrected chi connectivity index (χ4v) is 2.69. The van der Waals surface area contributed by atoms with Crippen molar-refractivity contribution in [3.63, 3.8) is 0 Å². The monoisotopic (exact) mass is 473 g/mol. The van der Waals surface area contributed by atoms with Crippen molar-refractivity contribution in [1.82, 2.24) is 16.0 Å². The van der Waals surface area contributed by atoms with E-state index in [2.05, 4.69) is 20.9 Å². The summed E-state index contributed by atoms with van der Waals surface area (Å²) in [4.78, 5) is 62.7. The number of hydrogen-bond donors (Lipinski definition) is 8. The average Bonchev–Trinajstić information content (AvgIpc) is 2.70. The van der Waals surface area contributed by atoms with Gasteiger partial charge in [-0.05, 0) is 31.6 Å². The quantitative estimate of drug-likeness (QED) is 0.0661. The minimum absolute atomic E-state index is 0.0141. The van der Waals surface area contributed by atoms with Gasteiger partial charge in [0.2, 0.25) is 17.7 Å². The van der Waals surface area contributed by atoms with Crippen molar-refractivity contribution in [2.24, 2.45) is 28.1 Å². The summed E-state index contributed by atoms with van der Waals surface area (Å²) in [6.45, 7) is 3.30. The minimum atomic E-state index is -1.25. The predicted molar refractivity (Wildman–Crippen MR) is 119 cm³/mol. The summed E-state index contributed by atoms with van der Waals surface area (Å²) < 4.78 is 0. The number of nitrogens with one attached hydrogen (secondary N) is 3. The van der Waals surface area contributed by atoms with Gasteiger partial charge in [0, 0.05) is 13.0 Å². The zero-order valence-corrected chi connectivity index (χ0v) is 18.9. The number of carboxylic acid groups (broad SMARTS) is 2. The number of nitrogens with two attached hydrogens (primary N) is 3. The average molecular weight is 474 g/mol. The fourth-order valence-electron chi connectivity index (χ4n) is 2.69. The molecule has 3 unspecified atom stereocenters. The van der Waals surface area contributed by atoms with Gasteiger partial charge in [0.05, 0.1) is 12.6 Å². The largest absolute Gasteiger partial charge is 0.481 e. The Morgan fingerprint density at radius 1 is 0.939 bits per heavy atom. The van der Waals surface area contributed by atoms with Crippen molar-refractivity contribution in [3.8, 4) is 0 Å². The first kappa shape index (κ1) is 29.6. The maximum atomic E-state index is 12.4. The highest BCUT2D eigenvalue weighted by Gasteiger charge is 2.26. The van der Waals surface area contributed by atoms with Gasteiger partial charge in [0.25, 0.3) is 0 Å².